The van der Waals surface area contributed by atoms with Crippen molar-refractivity contribution in [2.75, 3.05) is 13.1 Å². The molecule has 142 valence electrons. The lowest BCUT2D eigenvalue weighted by Gasteiger charge is -2.09. The normalized spacial score (nSPS) is 10.6. The monoisotopic (exact) mass is 366 g/mol. The SMILES string of the molecule is O=C(NCCCCCCNC(=O)n1c(O)ccc1O)n1c(O)ccc1O. The summed E-state index contributed by atoms with van der Waals surface area (Å²) in [4.78, 5) is 23.5. The van der Waals surface area contributed by atoms with Crippen LogP contribution in [0.25, 0.3) is 0 Å². The Balaban J connectivity index is 1.56. The van der Waals surface area contributed by atoms with E-state index in [4.69, 9.17) is 0 Å². The minimum absolute atomic E-state index is 0.337. The van der Waals surface area contributed by atoms with Crippen LogP contribution >= 0.6 is 0 Å². The maximum Gasteiger partial charge on any atom is 0.331 e. The Morgan fingerprint density at radius 3 is 1.27 bits per heavy atom. The molecule has 0 aliphatic heterocycles. The van der Waals surface area contributed by atoms with Gasteiger partial charge in [0.25, 0.3) is 0 Å². The smallest absolute Gasteiger partial charge is 0.331 e. The van der Waals surface area contributed by atoms with Crippen molar-refractivity contribution in [3.8, 4) is 23.5 Å². The number of aromatic nitrogens is 2. The van der Waals surface area contributed by atoms with Gasteiger partial charge in [-0.25, -0.2) is 18.7 Å². The van der Waals surface area contributed by atoms with Crippen LogP contribution in [-0.4, -0.2) is 54.7 Å². The molecule has 0 atom stereocenters. The van der Waals surface area contributed by atoms with Gasteiger partial charge in [0.2, 0.25) is 23.5 Å². The third-order valence-corrected chi connectivity index (χ3v) is 3.74. The highest BCUT2D eigenvalue weighted by atomic mass is 16.3. The maximum absolute atomic E-state index is 11.8. The average Bonchev–Trinajstić information content (AvgIpc) is 3.11. The Morgan fingerprint density at radius 2 is 0.962 bits per heavy atom. The molecule has 2 heterocycles. The lowest BCUT2D eigenvalue weighted by Crippen LogP contribution is -2.29. The predicted molar refractivity (Wildman–Crippen MR) is 91.6 cm³/mol. The molecule has 6 N–H and O–H groups in total. The summed E-state index contributed by atoms with van der Waals surface area (Å²) in [6.45, 7) is 0.765. The molecule has 0 fully saturated rings. The van der Waals surface area contributed by atoms with Crippen LogP contribution in [0.2, 0.25) is 0 Å². The van der Waals surface area contributed by atoms with Crippen molar-refractivity contribution in [1.29, 1.82) is 0 Å². The first kappa shape index (κ1) is 19.0. The largest absolute Gasteiger partial charge is 0.494 e. The summed E-state index contributed by atoms with van der Waals surface area (Å²) >= 11 is 0. The van der Waals surface area contributed by atoms with Gasteiger partial charge in [0.1, 0.15) is 0 Å². The zero-order chi connectivity index (χ0) is 19.1. The van der Waals surface area contributed by atoms with Crippen molar-refractivity contribution >= 4 is 12.1 Å². The van der Waals surface area contributed by atoms with Gasteiger partial charge in [-0.2, -0.15) is 0 Å². The Kier molecular flexibility index (Phi) is 6.36. The summed E-state index contributed by atoms with van der Waals surface area (Å²) in [6, 6.07) is 3.66. The zero-order valence-electron chi connectivity index (χ0n) is 14.1. The number of hydrogen-bond donors (Lipinski definition) is 6. The molecule has 0 aromatic carbocycles. The Labute approximate surface area is 149 Å². The number of nitrogens with one attached hydrogen (secondary N) is 2. The number of hydrogen-bond acceptors (Lipinski definition) is 6. The summed E-state index contributed by atoms with van der Waals surface area (Å²) < 4.78 is 1.53. The lowest BCUT2D eigenvalue weighted by molar-refractivity contribution is 0.234. The van der Waals surface area contributed by atoms with E-state index in [-0.39, 0.29) is 23.5 Å². The number of carbonyl (C=O) groups excluding carboxylic acids is 2. The highest BCUT2D eigenvalue weighted by molar-refractivity contribution is 5.80. The Hall–Kier alpha value is -3.30. The molecule has 10 nitrogen and oxygen atoms in total. The molecular formula is C16H22N4O6. The van der Waals surface area contributed by atoms with E-state index in [0.29, 0.717) is 25.9 Å². The molecule has 0 saturated heterocycles. The molecule has 0 saturated carbocycles. The second-order valence-electron chi connectivity index (χ2n) is 5.65. The van der Waals surface area contributed by atoms with E-state index in [2.05, 4.69) is 10.6 Å². The third-order valence-electron chi connectivity index (χ3n) is 3.74. The topological polar surface area (TPSA) is 149 Å². The molecular weight excluding hydrogens is 344 g/mol. The number of nitrogens with zero attached hydrogens (tertiary/aromatic N) is 2. The van der Waals surface area contributed by atoms with Gasteiger partial charge in [-0.1, -0.05) is 12.8 Å². The van der Waals surface area contributed by atoms with Crippen LogP contribution in [0.15, 0.2) is 24.3 Å². The first-order chi connectivity index (χ1) is 12.4. The standard InChI is InChI=1S/C16H22N4O6/c21-11-5-6-12(22)19(11)15(25)17-9-3-1-2-4-10-18-16(26)20-13(23)7-8-14(20)24/h5-8,21-24H,1-4,9-10H2,(H,17,25)(H,18,26). The first-order valence-electron chi connectivity index (χ1n) is 8.17. The number of amides is 2. The fourth-order valence-corrected chi connectivity index (χ4v) is 2.40. The third kappa shape index (κ3) is 4.62. The highest BCUT2D eigenvalue weighted by Gasteiger charge is 2.14. The van der Waals surface area contributed by atoms with Crippen LogP contribution in [-0.2, 0) is 0 Å². The van der Waals surface area contributed by atoms with Crippen molar-refractivity contribution in [2.24, 2.45) is 0 Å². The van der Waals surface area contributed by atoms with Gasteiger partial charge in [-0.15, -0.1) is 0 Å². The molecule has 2 rings (SSSR count). The van der Waals surface area contributed by atoms with Crippen LogP contribution in [0.1, 0.15) is 25.7 Å². The fourth-order valence-electron chi connectivity index (χ4n) is 2.40. The predicted octanol–water partition coefficient (Wildman–Crippen LogP) is 1.49. The number of unbranched alkanes of at least 4 members (excludes halogenated alkanes) is 3. The molecule has 0 radical (unpaired) electrons. The summed E-state index contributed by atoms with van der Waals surface area (Å²) in [5.74, 6) is -1.35. The Bertz CT molecular complexity index is 664. The van der Waals surface area contributed by atoms with E-state index in [1.807, 2.05) is 0 Å². The Morgan fingerprint density at radius 1 is 0.654 bits per heavy atom. The average molecular weight is 366 g/mol. The zero-order valence-corrected chi connectivity index (χ0v) is 14.1. The molecule has 2 aromatic heterocycles. The van der Waals surface area contributed by atoms with Crippen molar-refractivity contribution < 1.29 is 30.0 Å². The van der Waals surface area contributed by atoms with Crippen LogP contribution in [0, 0.1) is 0 Å². The molecule has 0 bridgehead atoms. The second kappa shape index (κ2) is 8.70. The molecule has 0 spiro atoms. The molecule has 10 heteroatoms. The quantitative estimate of drug-likeness (QED) is 0.409. The number of aromatic hydroxyl groups is 4. The van der Waals surface area contributed by atoms with Gasteiger partial charge in [0.05, 0.1) is 0 Å². The summed E-state index contributed by atoms with van der Waals surface area (Å²) in [7, 11) is 0. The summed E-state index contributed by atoms with van der Waals surface area (Å²) in [5, 5.41) is 42.9. The van der Waals surface area contributed by atoms with Gasteiger partial charge in [-0.3, -0.25) is 0 Å². The van der Waals surface area contributed by atoms with E-state index in [0.717, 1.165) is 22.0 Å². The van der Waals surface area contributed by atoms with E-state index < -0.39 is 12.1 Å². The first-order valence-corrected chi connectivity index (χ1v) is 8.17. The van der Waals surface area contributed by atoms with Crippen molar-refractivity contribution in [3.05, 3.63) is 24.3 Å². The molecule has 0 aliphatic carbocycles. The highest BCUT2D eigenvalue weighted by Crippen LogP contribution is 2.20. The van der Waals surface area contributed by atoms with Crippen LogP contribution in [0.3, 0.4) is 0 Å². The van der Waals surface area contributed by atoms with Gasteiger partial charge < -0.3 is 31.1 Å². The van der Waals surface area contributed by atoms with E-state index in [9.17, 15) is 30.0 Å². The van der Waals surface area contributed by atoms with Gasteiger partial charge in [0, 0.05) is 37.4 Å². The summed E-state index contributed by atoms with van der Waals surface area (Å²) in [6.07, 6.45) is 3.00. The lowest BCUT2D eigenvalue weighted by atomic mass is 10.2. The van der Waals surface area contributed by atoms with E-state index >= 15 is 0 Å². The molecule has 0 unspecified atom stereocenters. The molecule has 26 heavy (non-hydrogen) atoms. The van der Waals surface area contributed by atoms with E-state index in [1.165, 1.54) is 24.3 Å². The molecule has 2 amide bonds. The van der Waals surface area contributed by atoms with Crippen LogP contribution < -0.4 is 10.6 Å². The van der Waals surface area contributed by atoms with Crippen LogP contribution in [0.5, 0.6) is 23.5 Å². The van der Waals surface area contributed by atoms with Crippen molar-refractivity contribution in [2.45, 2.75) is 25.7 Å². The minimum Gasteiger partial charge on any atom is -0.494 e. The molecule has 2 aromatic rings. The van der Waals surface area contributed by atoms with Crippen molar-refractivity contribution in [3.63, 3.8) is 0 Å². The van der Waals surface area contributed by atoms with E-state index in [1.54, 1.807) is 0 Å². The van der Waals surface area contributed by atoms with Crippen LogP contribution in [0.4, 0.5) is 9.59 Å². The summed E-state index contributed by atoms with van der Waals surface area (Å²) in [5.41, 5.74) is 0. The van der Waals surface area contributed by atoms with Gasteiger partial charge in [0.15, 0.2) is 0 Å². The minimum atomic E-state index is -0.608. The number of carbonyl (C=O) groups is 2. The number of rotatable bonds is 7. The maximum atomic E-state index is 11.8. The van der Waals surface area contributed by atoms with Gasteiger partial charge >= 0.3 is 12.1 Å². The van der Waals surface area contributed by atoms with Crippen molar-refractivity contribution in [1.82, 2.24) is 19.8 Å². The molecule has 0 aliphatic rings. The van der Waals surface area contributed by atoms with Gasteiger partial charge in [-0.05, 0) is 12.8 Å². The fraction of sp³-hybridized carbons (Fsp3) is 0.375. The second-order valence-corrected chi connectivity index (χ2v) is 5.65.